The van der Waals surface area contributed by atoms with Gasteiger partial charge in [0, 0.05) is 37.0 Å². The van der Waals surface area contributed by atoms with Crippen molar-refractivity contribution in [1.29, 1.82) is 0 Å². The summed E-state index contributed by atoms with van der Waals surface area (Å²) in [5.41, 5.74) is 12.9. The number of nitrogens with one attached hydrogen (secondary N) is 1. The first-order chi connectivity index (χ1) is 22.8. The number of thiophene rings is 1. The van der Waals surface area contributed by atoms with Crippen molar-refractivity contribution in [3.05, 3.63) is 129 Å². The van der Waals surface area contributed by atoms with E-state index in [1.807, 2.05) is 60.7 Å². The quantitative estimate of drug-likeness (QED) is 0.181. The van der Waals surface area contributed by atoms with E-state index in [2.05, 4.69) is 45.5 Å². The number of fused-ring (bicyclic) bond motifs is 4. The predicted octanol–water partition coefficient (Wildman–Crippen LogP) is 7.60. The van der Waals surface area contributed by atoms with Crippen LogP contribution in [0.25, 0.3) is 21.6 Å². The van der Waals surface area contributed by atoms with Crippen molar-refractivity contribution in [2.75, 3.05) is 25.1 Å². The predicted molar refractivity (Wildman–Crippen MR) is 186 cm³/mol. The zero-order chi connectivity index (χ0) is 32.5. The van der Waals surface area contributed by atoms with Gasteiger partial charge in [0.05, 0.1) is 19.5 Å². The number of carbonyl (C=O) groups is 3. The fourth-order valence-electron chi connectivity index (χ4n) is 6.13. The van der Waals surface area contributed by atoms with E-state index in [0.717, 1.165) is 25.4 Å². The molecule has 0 saturated carbocycles. The Labute approximate surface area is 284 Å². The topological polar surface area (TPSA) is 111 Å². The van der Waals surface area contributed by atoms with Crippen LogP contribution >= 0.6 is 27.3 Å². The molecule has 2 heterocycles. The van der Waals surface area contributed by atoms with E-state index in [9.17, 15) is 14.4 Å². The van der Waals surface area contributed by atoms with Gasteiger partial charge in [0.25, 0.3) is 5.91 Å². The Balaban J connectivity index is 0.984. The lowest BCUT2D eigenvalue weighted by atomic mass is 9.98. The van der Waals surface area contributed by atoms with Crippen LogP contribution in [0.5, 0.6) is 5.75 Å². The summed E-state index contributed by atoms with van der Waals surface area (Å²) in [5.74, 6) is -0.101. The molecule has 3 amide bonds. The van der Waals surface area contributed by atoms with Gasteiger partial charge in [0.1, 0.15) is 19.0 Å². The van der Waals surface area contributed by atoms with Gasteiger partial charge >= 0.3 is 6.09 Å². The van der Waals surface area contributed by atoms with Crippen molar-refractivity contribution in [1.82, 2.24) is 4.90 Å². The average Bonchev–Trinajstić information content (AvgIpc) is 3.50. The Kier molecular flexibility index (Phi) is 8.53. The van der Waals surface area contributed by atoms with Gasteiger partial charge in [0.15, 0.2) is 0 Å². The maximum atomic E-state index is 13.3. The van der Waals surface area contributed by atoms with Crippen LogP contribution in [0.3, 0.4) is 0 Å². The summed E-state index contributed by atoms with van der Waals surface area (Å²) in [6.07, 6.45) is -0.206. The van der Waals surface area contributed by atoms with Crippen molar-refractivity contribution < 1.29 is 23.9 Å². The van der Waals surface area contributed by atoms with Gasteiger partial charge in [-0.15, -0.1) is 11.3 Å². The van der Waals surface area contributed by atoms with Gasteiger partial charge in [-0.2, -0.15) is 0 Å². The first kappa shape index (κ1) is 30.7. The van der Waals surface area contributed by atoms with E-state index >= 15 is 0 Å². The summed E-state index contributed by atoms with van der Waals surface area (Å²) in [6.45, 7) is 1.21. The van der Waals surface area contributed by atoms with Gasteiger partial charge in [-0.3, -0.25) is 9.59 Å². The Morgan fingerprint density at radius 1 is 0.936 bits per heavy atom. The number of anilines is 1. The Bertz CT molecular complexity index is 1960. The zero-order valence-corrected chi connectivity index (χ0v) is 27.6. The van der Waals surface area contributed by atoms with Gasteiger partial charge in [0.2, 0.25) is 5.91 Å². The summed E-state index contributed by atoms with van der Waals surface area (Å²) in [5, 5.41) is 2.94. The molecule has 0 spiro atoms. The molecule has 0 saturated heterocycles. The highest BCUT2D eigenvalue weighted by Crippen LogP contribution is 2.44. The van der Waals surface area contributed by atoms with E-state index in [1.165, 1.54) is 33.6 Å². The minimum Gasteiger partial charge on any atom is -0.491 e. The molecule has 10 heteroatoms. The number of carbonyl (C=O) groups excluding carboxylic acids is 3. The molecule has 1 aliphatic carbocycles. The molecule has 3 N–H and O–H groups in total. The normalized spacial score (nSPS) is 13.5. The van der Waals surface area contributed by atoms with Crippen molar-refractivity contribution in [2.24, 2.45) is 5.73 Å². The Hall–Kier alpha value is -4.93. The zero-order valence-electron chi connectivity index (χ0n) is 25.2. The van der Waals surface area contributed by atoms with Crippen LogP contribution in [0.1, 0.15) is 37.8 Å². The molecule has 0 unspecified atom stereocenters. The minimum atomic E-state index is -0.396. The summed E-state index contributed by atoms with van der Waals surface area (Å²) < 4.78 is 12.8. The molecule has 0 bridgehead atoms. The highest BCUT2D eigenvalue weighted by molar-refractivity contribution is 9.10. The maximum Gasteiger partial charge on any atom is 0.410 e. The molecular formula is C37H30BrN3O5S. The Morgan fingerprint density at radius 2 is 1.64 bits per heavy atom. The lowest BCUT2D eigenvalue weighted by Gasteiger charge is -2.21. The third kappa shape index (κ3) is 6.39. The molecule has 0 atom stereocenters. The number of halogens is 1. The van der Waals surface area contributed by atoms with Crippen LogP contribution in [-0.2, 0) is 22.5 Å². The molecule has 47 heavy (non-hydrogen) atoms. The van der Waals surface area contributed by atoms with E-state index in [1.54, 1.807) is 17.0 Å². The molecule has 1 aliphatic heterocycles. The second-order valence-electron chi connectivity index (χ2n) is 11.5. The number of primary amides is 1. The average molecular weight is 709 g/mol. The molecule has 4 aromatic carbocycles. The van der Waals surface area contributed by atoms with Crippen molar-refractivity contribution >= 4 is 50.9 Å². The van der Waals surface area contributed by atoms with Gasteiger partial charge in [-0.05, 0) is 74.1 Å². The molecule has 5 aromatic rings. The Morgan fingerprint density at radius 3 is 2.34 bits per heavy atom. The van der Waals surface area contributed by atoms with Crippen LogP contribution in [0.15, 0.2) is 102 Å². The summed E-state index contributed by atoms with van der Waals surface area (Å²) in [6, 6.07) is 31.2. The number of rotatable bonds is 7. The third-order valence-electron chi connectivity index (χ3n) is 8.39. The summed E-state index contributed by atoms with van der Waals surface area (Å²) >= 11 is 5.06. The van der Waals surface area contributed by atoms with Gasteiger partial charge in [-0.1, -0.05) is 66.7 Å². The molecule has 2 aliphatic rings. The van der Waals surface area contributed by atoms with Gasteiger partial charge < -0.3 is 25.4 Å². The maximum absolute atomic E-state index is 13.3. The monoisotopic (exact) mass is 707 g/mol. The van der Waals surface area contributed by atoms with Crippen LogP contribution in [0.2, 0.25) is 0 Å². The van der Waals surface area contributed by atoms with Crippen molar-refractivity contribution in [3.63, 3.8) is 0 Å². The van der Waals surface area contributed by atoms with Crippen LogP contribution in [-0.4, -0.2) is 42.6 Å². The first-order valence-electron chi connectivity index (χ1n) is 15.2. The molecule has 1 aromatic heterocycles. The van der Waals surface area contributed by atoms with Crippen LogP contribution < -0.4 is 15.8 Å². The van der Waals surface area contributed by atoms with Crippen molar-refractivity contribution in [2.45, 2.75) is 18.9 Å². The molecule has 8 nitrogen and oxygen atoms in total. The second-order valence-corrected chi connectivity index (χ2v) is 13.5. The van der Waals surface area contributed by atoms with E-state index in [4.69, 9.17) is 15.2 Å². The number of nitrogens with zero attached hydrogens (tertiary/aromatic N) is 1. The summed E-state index contributed by atoms with van der Waals surface area (Å²) in [7, 11) is 0. The highest BCUT2D eigenvalue weighted by Gasteiger charge is 2.30. The largest absolute Gasteiger partial charge is 0.491 e. The third-order valence-corrected chi connectivity index (χ3v) is 10.5. The van der Waals surface area contributed by atoms with E-state index in [-0.39, 0.29) is 37.4 Å². The number of hydrogen-bond acceptors (Lipinski definition) is 6. The number of nitrogens with two attached hydrogens (primary N) is 1. The van der Waals surface area contributed by atoms with Crippen LogP contribution in [0, 0.1) is 0 Å². The number of benzene rings is 4. The lowest BCUT2D eigenvalue weighted by Crippen LogP contribution is -2.33. The fourth-order valence-corrected chi connectivity index (χ4v) is 8.10. The number of ether oxygens (including phenoxy) is 2. The molecule has 0 fully saturated rings. The fraction of sp³-hybridized carbons (Fsp3) is 0.162. The molecule has 0 radical (unpaired) electrons. The molecule has 236 valence electrons. The van der Waals surface area contributed by atoms with Gasteiger partial charge in [-0.25, -0.2) is 4.79 Å². The van der Waals surface area contributed by atoms with Crippen LogP contribution in [0.4, 0.5) is 10.5 Å². The van der Waals surface area contributed by atoms with E-state index in [0.29, 0.717) is 30.1 Å². The second kappa shape index (κ2) is 13.1. The number of hydrogen-bond donors (Lipinski definition) is 2. The lowest BCUT2D eigenvalue weighted by molar-refractivity contribution is -0.117. The number of amides is 3. The minimum absolute atomic E-state index is 0.0159. The van der Waals surface area contributed by atoms with E-state index < -0.39 is 6.09 Å². The highest BCUT2D eigenvalue weighted by atomic mass is 79.9. The van der Waals surface area contributed by atoms with Crippen molar-refractivity contribution in [3.8, 4) is 27.3 Å². The SMILES string of the molecule is NC(=O)Cc1cc(Br)c(-c2ccc(NC(=O)c3ccc4c(c3)OCCN(C(=O)OCC3c5ccccc5-c5ccccc53)C4)cc2)s1. The summed E-state index contributed by atoms with van der Waals surface area (Å²) in [4.78, 5) is 41.2. The first-order valence-corrected chi connectivity index (χ1v) is 16.8. The molecular weight excluding hydrogens is 678 g/mol. The molecule has 7 rings (SSSR count). The standard InChI is InChI=1S/C37H30BrN3O5S/c38-32-18-26(19-34(39)42)47-35(32)22-11-13-25(14-12-22)40-36(43)23-9-10-24-20-41(15-16-45-33(24)17-23)37(44)46-21-31-29-7-3-1-5-27(29)28-6-2-4-8-30(28)31/h1-14,17-18,31H,15-16,19-21H2,(H2,39,42)(H,40,43). The smallest absolute Gasteiger partial charge is 0.410 e.